The Hall–Kier alpha value is -1.11. The van der Waals surface area contributed by atoms with Gasteiger partial charge in [0.25, 0.3) is 0 Å². The average Bonchev–Trinajstić information content (AvgIpc) is 1.99. The Balaban J connectivity index is 3.86. The Morgan fingerprint density at radius 3 is 2.23 bits per heavy atom. The molecule has 0 amide bonds. The molecule has 0 atom stereocenters. The first kappa shape index (κ1) is 11.9. The Kier molecular flexibility index (Phi) is 4.39. The maximum atomic E-state index is 11.5. The van der Waals surface area contributed by atoms with Crippen LogP contribution in [0.15, 0.2) is 0 Å². The van der Waals surface area contributed by atoms with Gasteiger partial charge in [-0.15, -0.1) is 0 Å². The molecule has 0 heterocycles. The van der Waals surface area contributed by atoms with Crippen LogP contribution in [0.2, 0.25) is 0 Å². The second kappa shape index (κ2) is 4.80. The van der Waals surface area contributed by atoms with Gasteiger partial charge in [0.1, 0.15) is 0 Å². The minimum absolute atomic E-state index is 0.0377. The molecular weight excluding hydrogens is 193 g/mol. The van der Waals surface area contributed by atoms with Crippen LogP contribution in [0, 0.1) is 0 Å². The number of hydrogen-bond donors (Lipinski definition) is 1. The van der Waals surface area contributed by atoms with Crippen molar-refractivity contribution < 1.29 is 32.6 Å². The number of carbonyl (C=O) groups excluding carboxylic acids is 2. The van der Waals surface area contributed by atoms with Crippen LogP contribution in [0.3, 0.4) is 0 Å². The van der Waals surface area contributed by atoms with Crippen LogP contribution < -0.4 is 0 Å². The molecule has 0 aromatic heterocycles. The van der Waals surface area contributed by atoms with Crippen molar-refractivity contribution in [2.75, 3.05) is 6.61 Å². The predicted octanol–water partition coefficient (Wildman–Crippen LogP) is 0.391. The van der Waals surface area contributed by atoms with Gasteiger partial charge in [-0.25, -0.2) is 4.79 Å². The smallest absolute Gasteiger partial charge is 0.396 e. The van der Waals surface area contributed by atoms with Gasteiger partial charge in [0.05, 0.1) is 0 Å². The summed E-state index contributed by atoms with van der Waals surface area (Å²) in [7, 11) is 0. The van der Waals surface area contributed by atoms with E-state index in [1.807, 2.05) is 0 Å². The Morgan fingerprint density at radius 2 is 1.85 bits per heavy atom. The van der Waals surface area contributed by atoms with Crippen molar-refractivity contribution in [3.63, 3.8) is 0 Å². The van der Waals surface area contributed by atoms with Gasteiger partial charge in [-0.3, -0.25) is 4.79 Å². The van der Waals surface area contributed by atoms with Crippen molar-refractivity contribution in [3.8, 4) is 0 Å². The maximum Gasteiger partial charge on any atom is 0.491 e. The third-order valence-corrected chi connectivity index (χ3v) is 0.977. The monoisotopic (exact) mass is 200 g/mol. The summed E-state index contributed by atoms with van der Waals surface area (Å²) in [5.41, 5.74) is 0. The highest BCUT2D eigenvalue weighted by Gasteiger charge is 2.42. The second-order valence-electron chi connectivity index (χ2n) is 2.09. The highest BCUT2D eigenvalue weighted by Crippen LogP contribution is 2.16. The Bertz CT molecular complexity index is 199. The molecular formula is C6H7F3O4. The lowest BCUT2D eigenvalue weighted by Gasteiger charge is -2.04. The fourth-order valence-corrected chi connectivity index (χ4v) is 0.436. The van der Waals surface area contributed by atoms with E-state index in [0.717, 1.165) is 0 Å². The second-order valence-corrected chi connectivity index (χ2v) is 2.09. The summed E-state index contributed by atoms with van der Waals surface area (Å²) in [5, 5.41) is 8.19. The lowest BCUT2D eigenvalue weighted by Crippen LogP contribution is -2.27. The summed E-state index contributed by atoms with van der Waals surface area (Å²) in [6.07, 6.45) is -5.61. The van der Waals surface area contributed by atoms with Crippen LogP contribution in [-0.2, 0) is 14.3 Å². The molecule has 0 radical (unpaired) electrons. The number of ether oxygens (including phenoxy) is 1. The zero-order chi connectivity index (χ0) is 10.5. The zero-order valence-corrected chi connectivity index (χ0v) is 6.43. The summed E-state index contributed by atoms with van der Waals surface area (Å²) in [6, 6.07) is 0. The lowest BCUT2D eigenvalue weighted by molar-refractivity contribution is -0.201. The number of alkyl halides is 3. The average molecular weight is 200 g/mol. The fourth-order valence-electron chi connectivity index (χ4n) is 0.436. The van der Waals surface area contributed by atoms with Gasteiger partial charge in [-0.2, -0.15) is 13.2 Å². The van der Waals surface area contributed by atoms with Crippen molar-refractivity contribution in [2.24, 2.45) is 0 Å². The zero-order valence-electron chi connectivity index (χ0n) is 6.43. The molecule has 4 nitrogen and oxygen atoms in total. The SMILES string of the molecule is O=C(CCCO)OC(=O)C(F)(F)F. The van der Waals surface area contributed by atoms with Crippen LogP contribution in [0.25, 0.3) is 0 Å². The maximum absolute atomic E-state index is 11.5. The summed E-state index contributed by atoms with van der Waals surface area (Å²) < 4.78 is 37.8. The standard InChI is InChI=1S/C6H7F3O4/c7-6(8,9)5(12)13-4(11)2-1-3-10/h10H,1-3H2. The fraction of sp³-hybridized carbons (Fsp3) is 0.667. The van der Waals surface area contributed by atoms with Crippen molar-refractivity contribution in [3.05, 3.63) is 0 Å². The molecule has 0 rings (SSSR count). The molecule has 0 fully saturated rings. The van der Waals surface area contributed by atoms with Gasteiger partial charge in [0.2, 0.25) is 0 Å². The summed E-state index contributed by atoms with van der Waals surface area (Å²) in [6.45, 7) is -0.352. The lowest BCUT2D eigenvalue weighted by atomic mass is 10.3. The highest BCUT2D eigenvalue weighted by molar-refractivity contribution is 5.88. The normalized spacial score (nSPS) is 11.1. The van der Waals surface area contributed by atoms with E-state index in [1.165, 1.54) is 0 Å². The molecule has 0 spiro atoms. The number of halogens is 3. The number of carbonyl (C=O) groups is 2. The number of aliphatic hydroxyl groups excluding tert-OH is 1. The van der Waals surface area contributed by atoms with Crippen molar-refractivity contribution >= 4 is 11.9 Å². The Labute approximate surface area is 71.3 Å². The summed E-state index contributed by atoms with van der Waals surface area (Å²) >= 11 is 0. The van der Waals surface area contributed by atoms with E-state index >= 15 is 0 Å². The molecule has 0 aliphatic rings. The first-order valence-electron chi connectivity index (χ1n) is 3.30. The van der Waals surface area contributed by atoms with E-state index in [4.69, 9.17) is 5.11 Å². The predicted molar refractivity (Wildman–Crippen MR) is 33.5 cm³/mol. The van der Waals surface area contributed by atoms with Gasteiger partial charge >= 0.3 is 18.1 Å². The minimum atomic E-state index is -5.16. The first-order chi connectivity index (χ1) is 5.88. The number of rotatable bonds is 3. The summed E-state index contributed by atoms with van der Waals surface area (Å²) in [4.78, 5) is 20.4. The molecule has 1 N–H and O–H groups in total. The minimum Gasteiger partial charge on any atom is -0.396 e. The molecule has 0 aromatic carbocycles. The largest absolute Gasteiger partial charge is 0.491 e. The molecule has 0 saturated heterocycles. The van der Waals surface area contributed by atoms with E-state index in [1.54, 1.807) is 0 Å². The van der Waals surface area contributed by atoms with Gasteiger partial charge in [-0.1, -0.05) is 0 Å². The van der Waals surface area contributed by atoms with Crippen molar-refractivity contribution in [1.82, 2.24) is 0 Å². The van der Waals surface area contributed by atoms with Crippen molar-refractivity contribution in [2.45, 2.75) is 19.0 Å². The molecule has 0 saturated carbocycles. The molecule has 0 bridgehead atoms. The van der Waals surface area contributed by atoms with Gasteiger partial charge in [0, 0.05) is 13.0 Å². The molecule has 0 aliphatic heterocycles. The van der Waals surface area contributed by atoms with E-state index in [2.05, 4.69) is 4.74 Å². The third kappa shape index (κ3) is 5.18. The summed E-state index contributed by atoms with van der Waals surface area (Å²) in [5.74, 6) is -3.83. The quantitative estimate of drug-likeness (QED) is 0.528. The van der Waals surface area contributed by atoms with Crippen LogP contribution >= 0.6 is 0 Å². The van der Waals surface area contributed by atoms with E-state index in [-0.39, 0.29) is 13.0 Å². The van der Waals surface area contributed by atoms with Crippen LogP contribution in [0.5, 0.6) is 0 Å². The van der Waals surface area contributed by atoms with Crippen LogP contribution in [0.4, 0.5) is 13.2 Å². The number of aliphatic hydroxyl groups is 1. The molecule has 0 unspecified atom stereocenters. The van der Waals surface area contributed by atoms with E-state index in [0.29, 0.717) is 0 Å². The molecule has 13 heavy (non-hydrogen) atoms. The van der Waals surface area contributed by atoms with Crippen LogP contribution in [-0.4, -0.2) is 29.8 Å². The van der Waals surface area contributed by atoms with Gasteiger partial charge < -0.3 is 9.84 Å². The third-order valence-electron chi connectivity index (χ3n) is 0.977. The van der Waals surface area contributed by atoms with Crippen LogP contribution in [0.1, 0.15) is 12.8 Å². The van der Waals surface area contributed by atoms with Crippen molar-refractivity contribution in [1.29, 1.82) is 0 Å². The van der Waals surface area contributed by atoms with E-state index in [9.17, 15) is 22.8 Å². The van der Waals surface area contributed by atoms with E-state index < -0.39 is 24.5 Å². The number of hydrogen-bond acceptors (Lipinski definition) is 4. The Morgan fingerprint density at radius 1 is 1.31 bits per heavy atom. The molecule has 76 valence electrons. The highest BCUT2D eigenvalue weighted by atomic mass is 19.4. The molecule has 7 heteroatoms. The van der Waals surface area contributed by atoms with Gasteiger partial charge in [-0.05, 0) is 6.42 Å². The molecule has 0 aliphatic carbocycles. The number of esters is 2. The molecule has 0 aromatic rings. The first-order valence-corrected chi connectivity index (χ1v) is 3.30. The topological polar surface area (TPSA) is 63.6 Å². The van der Waals surface area contributed by atoms with Gasteiger partial charge in [0.15, 0.2) is 0 Å².